The van der Waals surface area contributed by atoms with Crippen molar-refractivity contribution in [3.05, 3.63) is 0 Å². The molecule has 0 saturated carbocycles. The van der Waals surface area contributed by atoms with Gasteiger partial charge in [0.15, 0.2) is 0 Å². The van der Waals surface area contributed by atoms with E-state index in [0.29, 0.717) is 0 Å². The standard InChI is InChI=1S/C7H16NO3/c1-6(2)11-5-8-3-7(10)4-9/h6-7,9-10H,3-5H2,1-2H3. The number of rotatable bonds is 6. The Bertz CT molecular complexity index is 87.8. The molecule has 0 heterocycles. The highest BCUT2D eigenvalue weighted by atomic mass is 16.5. The average Bonchev–Trinajstić information content (AvgIpc) is 1.97. The predicted octanol–water partition coefficient (Wildman–Crippen LogP) is -0.674. The fraction of sp³-hybridized carbons (Fsp3) is 1.00. The minimum absolute atomic E-state index is 0.157. The predicted molar refractivity (Wildman–Crippen MR) is 41.2 cm³/mol. The van der Waals surface area contributed by atoms with Gasteiger partial charge in [0.25, 0.3) is 0 Å². The maximum Gasteiger partial charge on any atom is 0.112 e. The highest BCUT2D eigenvalue weighted by Crippen LogP contribution is 1.85. The molecule has 0 rings (SSSR count). The van der Waals surface area contributed by atoms with Gasteiger partial charge in [-0.05, 0) is 13.8 Å². The Hall–Kier alpha value is -0.160. The minimum atomic E-state index is -0.745. The Morgan fingerprint density at radius 1 is 1.45 bits per heavy atom. The summed E-state index contributed by atoms with van der Waals surface area (Å²) < 4.78 is 5.08. The topological polar surface area (TPSA) is 63.8 Å². The fourth-order valence-corrected chi connectivity index (χ4v) is 0.461. The zero-order valence-electron chi connectivity index (χ0n) is 7.03. The first-order chi connectivity index (χ1) is 5.16. The van der Waals surface area contributed by atoms with Crippen molar-refractivity contribution in [2.75, 3.05) is 19.9 Å². The number of hydrogen-bond donors (Lipinski definition) is 2. The smallest absolute Gasteiger partial charge is 0.112 e. The summed E-state index contributed by atoms with van der Waals surface area (Å²) in [5.41, 5.74) is 0. The first-order valence-corrected chi connectivity index (χ1v) is 3.70. The lowest BCUT2D eigenvalue weighted by Crippen LogP contribution is -2.26. The van der Waals surface area contributed by atoms with Gasteiger partial charge in [0.1, 0.15) is 6.73 Å². The molecule has 0 aliphatic carbocycles. The molecule has 0 aromatic heterocycles. The Balaban J connectivity index is 3.01. The van der Waals surface area contributed by atoms with Gasteiger partial charge in [-0.15, -0.1) is 0 Å². The van der Waals surface area contributed by atoms with E-state index in [2.05, 4.69) is 5.32 Å². The summed E-state index contributed by atoms with van der Waals surface area (Å²) in [5.74, 6) is 0. The van der Waals surface area contributed by atoms with Crippen LogP contribution in [0, 0.1) is 0 Å². The van der Waals surface area contributed by atoms with Crippen molar-refractivity contribution in [1.29, 1.82) is 0 Å². The number of nitrogens with zero attached hydrogens (tertiary/aromatic N) is 1. The van der Waals surface area contributed by atoms with Crippen LogP contribution in [0.25, 0.3) is 0 Å². The van der Waals surface area contributed by atoms with E-state index in [-0.39, 0.29) is 26.0 Å². The van der Waals surface area contributed by atoms with Crippen molar-refractivity contribution in [2.45, 2.75) is 26.1 Å². The van der Waals surface area contributed by atoms with Crippen LogP contribution in [0.15, 0.2) is 0 Å². The highest BCUT2D eigenvalue weighted by molar-refractivity contribution is 4.53. The molecule has 0 saturated heterocycles. The SMILES string of the molecule is CC(C)OC[N]CC(O)CO. The molecule has 0 aromatic rings. The van der Waals surface area contributed by atoms with Crippen LogP contribution < -0.4 is 5.32 Å². The van der Waals surface area contributed by atoms with Crippen molar-refractivity contribution >= 4 is 0 Å². The summed E-state index contributed by atoms with van der Waals surface area (Å²) in [6.45, 7) is 4.11. The van der Waals surface area contributed by atoms with Crippen molar-refractivity contribution in [3.8, 4) is 0 Å². The van der Waals surface area contributed by atoms with Gasteiger partial charge in [0.2, 0.25) is 0 Å². The maximum atomic E-state index is 8.82. The maximum absolute atomic E-state index is 8.82. The zero-order chi connectivity index (χ0) is 8.69. The van der Waals surface area contributed by atoms with E-state index in [1.165, 1.54) is 0 Å². The Morgan fingerprint density at radius 3 is 2.55 bits per heavy atom. The van der Waals surface area contributed by atoms with Crippen LogP contribution in [-0.2, 0) is 4.74 Å². The Kier molecular flexibility index (Phi) is 6.45. The molecule has 0 aromatic carbocycles. The van der Waals surface area contributed by atoms with Gasteiger partial charge in [-0.25, -0.2) is 5.32 Å². The molecule has 0 aliphatic rings. The third-order valence-electron chi connectivity index (χ3n) is 1.05. The summed E-state index contributed by atoms with van der Waals surface area (Å²) in [6.07, 6.45) is -0.587. The van der Waals surface area contributed by atoms with Gasteiger partial charge >= 0.3 is 0 Å². The molecule has 0 fully saturated rings. The first kappa shape index (κ1) is 10.8. The second-order valence-corrected chi connectivity index (χ2v) is 2.59. The van der Waals surface area contributed by atoms with Crippen LogP contribution >= 0.6 is 0 Å². The van der Waals surface area contributed by atoms with Crippen molar-refractivity contribution in [2.24, 2.45) is 0 Å². The van der Waals surface area contributed by atoms with Crippen molar-refractivity contribution in [1.82, 2.24) is 5.32 Å². The van der Waals surface area contributed by atoms with E-state index in [9.17, 15) is 0 Å². The van der Waals surface area contributed by atoms with Crippen LogP contribution in [0.4, 0.5) is 0 Å². The van der Waals surface area contributed by atoms with E-state index >= 15 is 0 Å². The lowest BCUT2D eigenvalue weighted by Gasteiger charge is -2.09. The molecule has 0 amide bonds. The quantitative estimate of drug-likeness (QED) is 0.509. The second-order valence-electron chi connectivity index (χ2n) is 2.59. The molecule has 1 unspecified atom stereocenters. The first-order valence-electron chi connectivity index (χ1n) is 3.70. The van der Waals surface area contributed by atoms with Crippen LogP contribution in [0.5, 0.6) is 0 Å². The molecule has 1 atom stereocenters. The lowest BCUT2D eigenvalue weighted by atomic mass is 10.4. The Morgan fingerprint density at radius 2 is 2.09 bits per heavy atom. The van der Waals surface area contributed by atoms with Gasteiger partial charge < -0.3 is 14.9 Å². The van der Waals surface area contributed by atoms with Gasteiger partial charge in [-0.2, -0.15) is 0 Å². The summed E-state index contributed by atoms with van der Waals surface area (Å²) in [4.78, 5) is 0. The van der Waals surface area contributed by atoms with Crippen LogP contribution in [0.3, 0.4) is 0 Å². The number of aliphatic hydroxyl groups excluding tert-OH is 2. The third kappa shape index (κ3) is 7.74. The van der Waals surface area contributed by atoms with E-state index < -0.39 is 6.10 Å². The van der Waals surface area contributed by atoms with E-state index in [1.807, 2.05) is 13.8 Å². The van der Waals surface area contributed by atoms with Crippen LogP contribution in [-0.4, -0.2) is 42.3 Å². The monoisotopic (exact) mass is 162 g/mol. The molecule has 0 bridgehead atoms. The van der Waals surface area contributed by atoms with E-state index in [0.717, 1.165) is 0 Å². The summed E-state index contributed by atoms with van der Waals surface area (Å²) in [5, 5.41) is 21.1. The van der Waals surface area contributed by atoms with Gasteiger partial charge in [0.05, 0.1) is 18.8 Å². The zero-order valence-corrected chi connectivity index (χ0v) is 7.03. The minimum Gasteiger partial charge on any atom is -0.394 e. The molecule has 4 heteroatoms. The molecule has 67 valence electrons. The molecular formula is C7H16NO3. The molecule has 2 N–H and O–H groups in total. The fourth-order valence-electron chi connectivity index (χ4n) is 0.461. The normalized spacial score (nSPS) is 13.9. The molecule has 0 aliphatic heterocycles. The second kappa shape index (κ2) is 6.54. The number of hydrogen-bond acceptors (Lipinski definition) is 3. The van der Waals surface area contributed by atoms with Crippen LogP contribution in [0.2, 0.25) is 0 Å². The van der Waals surface area contributed by atoms with Gasteiger partial charge in [0, 0.05) is 6.54 Å². The van der Waals surface area contributed by atoms with Gasteiger partial charge in [-0.3, -0.25) is 0 Å². The number of ether oxygens (including phenoxy) is 1. The molecule has 4 nitrogen and oxygen atoms in total. The summed E-state index contributed by atoms with van der Waals surface area (Å²) in [6, 6.07) is 0. The van der Waals surface area contributed by atoms with E-state index in [4.69, 9.17) is 14.9 Å². The average molecular weight is 162 g/mol. The summed E-state index contributed by atoms with van der Waals surface area (Å²) in [7, 11) is 0. The highest BCUT2D eigenvalue weighted by Gasteiger charge is 2.01. The van der Waals surface area contributed by atoms with Crippen molar-refractivity contribution < 1.29 is 14.9 Å². The molecular weight excluding hydrogens is 146 g/mol. The molecule has 0 spiro atoms. The van der Waals surface area contributed by atoms with E-state index in [1.54, 1.807) is 0 Å². The largest absolute Gasteiger partial charge is 0.394 e. The van der Waals surface area contributed by atoms with Gasteiger partial charge in [-0.1, -0.05) is 0 Å². The molecule has 1 radical (unpaired) electrons. The van der Waals surface area contributed by atoms with Crippen LogP contribution in [0.1, 0.15) is 13.8 Å². The van der Waals surface area contributed by atoms with Crippen molar-refractivity contribution in [3.63, 3.8) is 0 Å². The summed E-state index contributed by atoms with van der Waals surface area (Å²) >= 11 is 0. The Labute approximate surface area is 67.2 Å². The lowest BCUT2D eigenvalue weighted by molar-refractivity contribution is 0.0424. The number of aliphatic hydroxyl groups is 2. The molecule has 11 heavy (non-hydrogen) atoms. The third-order valence-corrected chi connectivity index (χ3v) is 1.05.